The standard InChI is InChI=1S/C23H20F4O4S/c24-22(25,23(26,27)32(28,29)30)15-16-31-20-13-11-19(12-14-20)21(17-7-3-1-4-8-17)18-9-5-2-6-10-18/h1-14,21H,15-16H2,(H,28,29,30). The topological polar surface area (TPSA) is 63.6 Å². The fourth-order valence-corrected chi connectivity index (χ4v) is 3.74. The molecule has 3 rings (SSSR count). The molecule has 3 aromatic carbocycles. The van der Waals surface area contributed by atoms with Crippen molar-refractivity contribution in [1.29, 1.82) is 0 Å². The summed E-state index contributed by atoms with van der Waals surface area (Å²) >= 11 is 0. The summed E-state index contributed by atoms with van der Waals surface area (Å²) in [5.74, 6) is -4.93. The molecule has 0 radical (unpaired) electrons. The van der Waals surface area contributed by atoms with Gasteiger partial charge < -0.3 is 4.74 Å². The van der Waals surface area contributed by atoms with Crippen LogP contribution in [0.4, 0.5) is 17.6 Å². The summed E-state index contributed by atoms with van der Waals surface area (Å²) in [6, 6.07) is 26.0. The van der Waals surface area contributed by atoms with Crippen LogP contribution < -0.4 is 4.74 Å². The van der Waals surface area contributed by atoms with Crippen molar-refractivity contribution >= 4 is 10.1 Å². The predicted octanol–water partition coefficient (Wildman–Crippen LogP) is 5.75. The van der Waals surface area contributed by atoms with Crippen molar-refractivity contribution in [2.45, 2.75) is 23.5 Å². The number of benzene rings is 3. The lowest BCUT2D eigenvalue weighted by Gasteiger charge is -2.23. The van der Waals surface area contributed by atoms with Crippen LogP contribution >= 0.6 is 0 Å². The Morgan fingerprint density at radius 2 is 1.19 bits per heavy atom. The van der Waals surface area contributed by atoms with E-state index >= 15 is 0 Å². The number of rotatable bonds is 9. The third-order valence-corrected chi connectivity index (χ3v) is 5.86. The minimum Gasteiger partial charge on any atom is -0.493 e. The monoisotopic (exact) mass is 468 g/mol. The van der Waals surface area contributed by atoms with Gasteiger partial charge in [0.25, 0.3) is 0 Å². The molecule has 0 saturated carbocycles. The molecule has 0 unspecified atom stereocenters. The Balaban J connectivity index is 1.74. The molecule has 32 heavy (non-hydrogen) atoms. The molecular weight excluding hydrogens is 448 g/mol. The molecule has 0 aliphatic carbocycles. The second kappa shape index (κ2) is 9.30. The Morgan fingerprint density at radius 1 is 0.750 bits per heavy atom. The van der Waals surface area contributed by atoms with E-state index in [1.54, 1.807) is 12.1 Å². The van der Waals surface area contributed by atoms with Crippen LogP contribution in [0.15, 0.2) is 84.9 Å². The minimum absolute atomic E-state index is 0.0933. The van der Waals surface area contributed by atoms with Crippen molar-refractivity contribution in [3.63, 3.8) is 0 Å². The molecule has 9 heteroatoms. The van der Waals surface area contributed by atoms with Gasteiger partial charge in [-0.05, 0) is 28.8 Å². The molecule has 0 aliphatic heterocycles. The van der Waals surface area contributed by atoms with E-state index in [-0.39, 0.29) is 11.7 Å². The Morgan fingerprint density at radius 3 is 1.62 bits per heavy atom. The first-order chi connectivity index (χ1) is 15.0. The van der Waals surface area contributed by atoms with Crippen molar-refractivity contribution < 1.29 is 35.3 Å². The molecule has 0 spiro atoms. The number of hydrogen-bond donors (Lipinski definition) is 1. The van der Waals surface area contributed by atoms with E-state index in [0.717, 1.165) is 16.7 Å². The van der Waals surface area contributed by atoms with E-state index in [4.69, 9.17) is 9.29 Å². The van der Waals surface area contributed by atoms with Gasteiger partial charge in [0.05, 0.1) is 13.0 Å². The highest BCUT2D eigenvalue weighted by atomic mass is 32.2. The molecule has 0 bridgehead atoms. The van der Waals surface area contributed by atoms with Gasteiger partial charge in [-0.15, -0.1) is 0 Å². The summed E-state index contributed by atoms with van der Waals surface area (Å²) in [4.78, 5) is 0. The van der Waals surface area contributed by atoms with E-state index in [1.807, 2.05) is 60.7 Å². The molecule has 1 N–H and O–H groups in total. The summed E-state index contributed by atoms with van der Waals surface area (Å²) in [6.07, 6.45) is -1.60. The van der Waals surface area contributed by atoms with Gasteiger partial charge in [0.1, 0.15) is 5.75 Å². The smallest absolute Gasteiger partial charge is 0.431 e. The number of hydrogen-bond acceptors (Lipinski definition) is 3. The summed E-state index contributed by atoms with van der Waals surface area (Å²) in [5, 5.41) is -5.61. The van der Waals surface area contributed by atoms with Crippen LogP contribution in [0.1, 0.15) is 29.0 Å². The van der Waals surface area contributed by atoms with Gasteiger partial charge in [-0.25, -0.2) is 0 Å². The van der Waals surface area contributed by atoms with Gasteiger partial charge in [-0.1, -0.05) is 72.8 Å². The lowest BCUT2D eigenvalue weighted by Crippen LogP contribution is -2.47. The quantitative estimate of drug-likeness (QED) is 0.247. The van der Waals surface area contributed by atoms with E-state index in [1.165, 1.54) is 12.1 Å². The molecule has 0 amide bonds. The molecule has 170 valence electrons. The Bertz CT molecular complexity index is 1080. The first-order valence-corrected chi connectivity index (χ1v) is 11.0. The van der Waals surface area contributed by atoms with Crippen molar-refractivity contribution in [2.24, 2.45) is 0 Å². The highest BCUT2D eigenvalue weighted by Crippen LogP contribution is 2.40. The van der Waals surface area contributed by atoms with Crippen LogP contribution in [-0.2, 0) is 10.1 Å². The molecular formula is C23H20F4O4S. The lowest BCUT2D eigenvalue weighted by molar-refractivity contribution is -0.167. The molecule has 0 atom stereocenters. The van der Waals surface area contributed by atoms with Crippen molar-refractivity contribution in [1.82, 2.24) is 0 Å². The zero-order valence-electron chi connectivity index (χ0n) is 16.7. The third kappa shape index (κ3) is 5.11. The minimum atomic E-state index is -6.26. The molecule has 0 saturated heterocycles. The Kier molecular flexibility index (Phi) is 6.90. The van der Waals surface area contributed by atoms with Gasteiger partial charge in [0, 0.05) is 5.92 Å². The fraction of sp³-hybridized carbons (Fsp3) is 0.217. The Hall–Kier alpha value is -2.91. The molecule has 4 nitrogen and oxygen atoms in total. The average Bonchev–Trinajstić information content (AvgIpc) is 2.75. The third-order valence-electron chi connectivity index (χ3n) is 4.91. The maximum absolute atomic E-state index is 13.6. The second-order valence-electron chi connectivity index (χ2n) is 7.12. The van der Waals surface area contributed by atoms with Crippen molar-refractivity contribution in [2.75, 3.05) is 6.61 Å². The summed E-state index contributed by atoms with van der Waals surface area (Å²) in [5.41, 5.74) is 2.98. The zero-order valence-corrected chi connectivity index (χ0v) is 17.5. The predicted molar refractivity (Wildman–Crippen MR) is 112 cm³/mol. The average molecular weight is 468 g/mol. The highest BCUT2D eigenvalue weighted by molar-refractivity contribution is 7.87. The van der Waals surface area contributed by atoms with Gasteiger partial charge in [-0.2, -0.15) is 26.0 Å². The van der Waals surface area contributed by atoms with E-state index in [9.17, 15) is 26.0 Å². The molecule has 0 aliphatic rings. The van der Waals surface area contributed by atoms with E-state index in [0.29, 0.717) is 0 Å². The largest absolute Gasteiger partial charge is 0.493 e. The van der Waals surface area contributed by atoms with Gasteiger partial charge in [-0.3, -0.25) is 4.55 Å². The molecule has 0 fully saturated rings. The van der Waals surface area contributed by atoms with Gasteiger partial charge in [0.2, 0.25) is 0 Å². The maximum atomic E-state index is 13.6. The summed E-state index contributed by atoms with van der Waals surface area (Å²) < 4.78 is 88.2. The molecule has 3 aromatic rings. The number of halogens is 4. The van der Waals surface area contributed by atoms with E-state index < -0.39 is 34.3 Å². The first-order valence-electron chi connectivity index (χ1n) is 9.58. The van der Waals surface area contributed by atoms with Crippen LogP contribution in [0.2, 0.25) is 0 Å². The van der Waals surface area contributed by atoms with E-state index in [2.05, 4.69) is 0 Å². The van der Waals surface area contributed by atoms with Crippen LogP contribution in [0, 0.1) is 0 Å². The summed E-state index contributed by atoms with van der Waals surface area (Å²) in [6.45, 7) is -0.877. The zero-order chi connectivity index (χ0) is 23.4. The number of alkyl halides is 4. The second-order valence-corrected chi connectivity index (χ2v) is 8.58. The molecule has 0 aromatic heterocycles. The maximum Gasteiger partial charge on any atom is 0.431 e. The van der Waals surface area contributed by atoms with Crippen LogP contribution in [0.25, 0.3) is 0 Å². The van der Waals surface area contributed by atoms with Crippen LogP contribution in [0.3, 0.4) is 0 Å². The van der Waals surface area contributed by atoms with Gasteiger partial charge >= 0.3 is 21.3 Å². The van der Waals surface area contributed by atoms with Crippen LogP contribution in [0.5, 0.6) is 5.75 Å². The highest BCUT2D eigenvalue weighted by Gasteiger charge is 2.65. The van der Waals surface area contributed by atoms with Gasteiger partial charge in [0.15, 0.2) is 0 Å². The first kappa shape index (κ1) is 23.7. The van der Waals surface area contributed by atoms with Crippen molar-refractivity contribution in [3.05, 3.63) is 102 Å². The Labute approximate surface area is 183 Å². The number of ether oxygens (including phenoxy) is 1. The lowest BCUT2D eigenvalue weighted by atomic mass is 9.85. The fourth-order valence-electron chi connectivity index (χ4n) is 3.26. The SMILES string of the molecule is O=S(=O)(O)C(F)(F)C(F)(F)CCOc1ccc(C(c2ccccc2)c2ccccc2)cc1. The van der Waals surface area contributed by atoms with Crippen molar-refractivity contribution in [3.8, 4) is 5.75 Å². The summed E-state index contributed by atoms with van der Waals surface area (Å²) in [7, 11) is -6.26. The van der Waals surface area contributed by atoms with Crippen LogP contribution in [-0.4, -0.2) is 30.8 Å². The molecule has 0 heterocycles. The normalized spacial score (nSPS) is 12.7.